The summed E-state index contributed by atoms with van der Waals surface area (Å²) in [4.78, 5) is 8.79. The van der Waals surface area contributed by atoms with Gasteiger partial charge < -0.3 is 10.1 Å². The zero-order valence-electron chi connectivity index (χ0n) is 11.9. The minimum Gasteiger partial charge on any atom is -0.439 e. The Morgan fingerprint density at radius 1 is 1.15 bits per heavy atom. The van der Waals surface area contributed by atoms with Gasteiger partial charge in [-0.05, 0) is 44.5 Å². The highest BCUT2D eigenvalue weighted by atomic mass is 79.9. The second kappa shape index (κ2) is 6.70. The molecule has 0 saturated carbocycles. The van der Waals surface area contributed by atoms with Crippen molar-refractivity contribution in [2.75, 3.05) is 11.9 Å². The largest absolute Gasteiger partial charge is 0.439 e. The predicted molar refractivity (Wildman–Crippen MR) is 84.5 cm³/mol. The smallest absolute Gasteiger partial charge is 0.227 e. The van der Waals surface area contributed by atoms with Crippen LogP contribution in [0.2, 0.25) is 0 Å². The number of hydrogen-bond acceptors (Lipinski definition) is 4. The maximum Gasteiger partial charge on any atom is 0.227 e. The second-order valence-electron chi connectivity index (χ2n) is 4.53. The number of rotatable bonds is 5. The van der Waals surface area contributed by atoms with Gasteiger partial charge in [0.1, 0.15) is 17.4 Å². The summed E-state index contributed by atoms with van der Waals surface area (Å²) in [5, 5.41) is 3.30. The van der Waals surface area contributed by atoms with E-state index in [2.05, 4.69) is 38.1 Å². The third-order valence-corrected chi connectivity index (χ3v) is 3.31. The van der Waals surface area contributed by atoms with Gasteiger partial charge in [-0.25, -0.2) is 4.98 Å². The van der Waals surface area contributed by atoms with Crippen LogP contribution in [0.4, 0.5) is 5.82 Å². The lowest BCUT2D eigenvalue weighted by atomic mass is 10.3. The first-order chi connectivity index (χ1) is 9.60. The number of anilines is 1. The zero-order chi connectivity index (χ0) is 14.5. The van der Waals surface area contributed by atoms with E-state index in [-0.39, 0.29) is 0 Å². The molecular weight excluding hydrogens is 318 g/mol. The van der Waals surface area contributed by atoms with E-state index in [4.69, 9.17) is 4.74 Å². The van der Waals surface area contributed by atoms with Crippen molar-refractivity contribution >= 4 is 21.7 Å². The van der Waals surface area contributed by atoms with Crippen LogP contribution in [-0.2, 0) is 0 Å². The molecule has 0 bridgehead atoms. The summed E-state index contributed by atoms with van der Waals surface area (Å²) in [5.74, 6) is 2.89. The van der Waals surface area contributed by atoms with Crippen LogP contribution < -0.4 is 10.1 Å². The predicted octanol–water partition coefficient (Wildman–Crippen LogP) is 4.47. The van der Waals surface area contributed by atoms with E-state index in [1.165, 1.54) is 0 Å². The fourth-order valence-corrected chi connectivity index (χ4v) is 2.00. The minimum absolute atomic E-state index is 0.596. The molecule has 0 fully saturated rings. The number of aromatic nitrogens is 2. The lowest BCUT2D eigenvalue weighted by Gasteiger charge is -2.13. The summed E-state index contributed by atoms with van der Waals surface area (Å²) >= 11 is 3.41. The molecule has 0 atom stereocenters. The fraction of sp³-hybridized carbons (Fsp3) is 0.333. The number of ether oxygens (including phenoxy) is 1. The number of nitrogens with one attached hydrogen (secondary N) is 1. The van der Waals surface area contributed by atoms with Gasteiger partial charge in [-0.3, -0.25) is 0 Å². The van der Waals surface area contributed by atoms with E-state index in [9.17, 15) is 0 Å². The van der Waals surface area contributed by atoms with Gasteiger partial charge in [-0.15, -0.1) is 0 Å². The van der Waals surface area contributed by atoms with Crippen LogP contribution >= 0.6 is 15.9 Å². The molecule has 1 heterocycles. The number of nitrogens with zero attached hydrogens (tertiary/aromatic N) is 2. The summed E-state index contributed by atoms with van der Waals surface area (Å²) in [6.07, 6.45) is 1.05. The zero-order valence-corrected chi connectivity index (χ0v) is 13.5. The third-order valence-electron chi connectivity index (χ3n) is 2.78. The highest BCUT2D eigenvalue weighted by Gasteiger charge is 2.10. The molecule has 0 aliphatic carbocycles. The molecule has 1 N–H and O–H groups in total. The van der Waals surface area contributed by atoms with Crippen LogP contribution in [0.25, 0.3) is 0 Å². The van der Waals surface area contributed by atoms with Crippen LogP contribution in [0.5, 0.6) is 11.6 Å². The van der Waals surface area contributed by atoms with Gasteiger partial charge in [0.15, 0.2) is 0 Å². The average molecular weight is 336 g/mol. The molecule has 0 aliphatic heterocycles. The van der Waals surface area contributed by atoms with Crippen molar-refractivity contribution in [1.29, 1.82) is 0 Å². The summed E-state index contributed by atoms with van der Waals surface area (Å²) in [6, 6.07) is 7.68. The fourth-order valence-electron chi connectivity index (χ4n) is 1.73. The SMILES string of the molecule is CCCNc1nc(C)nc(Oc2ccc(Br)cc2)c1C. The molecule has 4 nitrogen and oxygen atoms in total. The minimum atomic E-state index is 0.596. The summed E-state index contributed by atoms with van der Waals surface area (Å²) < 4.78 is 6.87. The lowest BCUT2D eigenvalue weighted by molar-refractivity contribution is 0.456. The third kappa shape index (κ3) is 3.70. The Kier molecular flexibility index (Phi) is 4.95. The standard InChI is InChI=1S/C15H18BrN3O/c1-4-9-17-14-10(2)15(19-11(3)18-14)20-13-7-5-12(16)6-8-13/h5-8H,4,9H2,1-3H3,(H,17,18,19). The molecule has 0 amide bonds. The molecule has 20 heavy (non-hydrogen) atoms. The summed E-state index contributed by atoms with van der Waals surface area (Å²) in [7, 11) is 0. The van der Waals surface area contributed by atoms with Crippen molar-refractivity contribution in [3.05, 3.63) is 40.1 Å². The lowest BCUT2D eigenvalue weighted by Crippen LogP contribution is -2.07. The van der Waals surface area contributed by atoms with Crippen LogP contribution in [0.3, 0.4) is 0 Å². The summed E-state index contributed by atoms with van der Waals surface area (Å²) in [5.41, 5.74) is 0.923. The second-order valence-corrected chi connectivity index (χ2v) is 5.45. The molecule has 106 valence electrons. The van der Waals surface area contributed by atoms with E-state index in [0.717, 1.165) is 34.6 Å². The van der Waals surface area contributed by atoms with Crippen molar-refractivity contribution in [2.45, 2.75) is 27.2 Å². The van der Waals surface area contributed by atoms with E-state index < -0.39 is 0 Å². The molecule has 1 aromatic heterocycles. The monoisotopic (exact) mass is 335 g/mol. The number of halogens is 1. The molecule has 0 unspecified atom stereocenters. The maximum absolute atomic E-state index is 5.85. The molecule has 0 aliphatic rings. The number of benzene rings is 1. The maximum atomic E-state index is 5.85. The number of aryl methyl sites for hydroxylation is 1. The topological polar surface area (TPSA) is 47.0 Å². The molecule has 0 radical (unpaired) electrons. The molecule has 0 spiro atoms. The van der Waals surface area contributed by atoms with E-state index in [0.29, 0.717) is 11.7 Å². The summed E-state index contributed by atoms with van der Waals surface area (Å²) in [6.45, 7) is 6.83. The molecule has 1 aromatic carbocycles. The molecule has 5 heteroatoms. The molecule has 0 saturated heterocycles. The van der Waals surface area contributed by atoms with Crippen molar-refractivity contribution in [3.8, 4) is 11.6 Å². The first-order valence-electron chi connectivity index (χ1n) is 6.62. The Bertz CT molecular complexity index is 584. The highest BCUT2D eigenvalue weighted by Crippen LogP contribution is 2.27. The van der Waals surface area contributed by atoms with Crippen LogP contribution in [-0.4, -0.2) is 16.5 Å². The number of hydrogen-bond donors (Lipinski definition) is 1. The molecular formula is C15H18BrN3O. The van der Waals surface area contributed by atoms with Crippen LogP contribution in [0.15, 0.2) is 28.7 Å². The van der Waals surface area contributed by atoms with E-state index in [1.807, 2.05) is 38.1 Å². The van der Waals surface area contributed by atoms with Gasteiger partial charge in [0.25, 0.3) is 0 Å². The van der Waals surface area contributed by atoms with Crippen molar-refractivity contribution in [3.63, 3.8) is 0 Å². The first kappa shape index (κ1) is 14.8. The van der Waals surface area contributed by atoms with Crippen molar-refractivity contribution in [2.24, 2.45) is 0 Å². The Labute approximate surface area is 127 Å². The van der Waals surface area contributed by atoms with Crippen LogP contribution in [0, 0.1) is 13.8 Å². The van der Waals surface area contributed by atoms with Gasteiger partial charge in [-0.2, -0.15) is 4.98 Å². The van der Waals surface area contributed by atoms with E-state index in [1.54, 1.807) is 0 Å². The Hall–Kier alpha value is -1.62. The molecule has 2 aromatic rings. The van der Waals surface area contributed by atoms with E-state index >= 15 is 0 Å². The normalized spacial score (nSPS) is 10.4. The van der Waals surface area contributed by atoms with Gasteiger partial charge in [-0.1, -0.05) is 22.9 Å². The van der Waals surface area contributed by atoms with Crippen LogP contribution in [0.1, 0.15) is 24.7 Å². The first-order valence-corrected chi connectivity index (χ1v) is 7.42. The van der Waals surface area contributed by atoms with Gasteiger partial charge in [0.2, 0.25) is 5.88 Å². The van der Waals surface area contributed by atoms with Gasteiger partial charge in [0.05, 0.1) is 5.56 Å². The highest BCUT2D eigenvalue weighted by molar-refractivity contribution is 9.10. The Balaban J connectivity index is 2.26. The Morgan fingerprint density at radius 3 is 2.50 bits per heavy atom. The van der Waals surface area contributed by atoms with Crippen molar-refractivity contribution in [1.82, 2.24) is 9.97 Å². The van der Waals surface area contributed by atoms with Crippen molar-refractivity contribution < 1.29 is 4.74 Å². The quantitative estimate of drug-likeness (QED) is 0.875. The Morgan fingerprint density at radius 2 is 1.85 bits per heavy atom. The van der Waals surface area contributed by atoms with Gasteiger partial charge in [0, 0.05) is 11.0 Å². The average Bonchev–Trinajstić information content (AvgIpc) is 2.43. The van der Waals surface area contributed by atoms with Gasteiger partial charge >= 0.3 is 0 Å². The molecule has 2 rings (SSSR count).